The summed E-state index contributed by atoms with van der Waals surface area (Å²) in [5.74, 6) is 0. The van der Waals surface area contributed by atoms with E-state index in [1.54, 1.807) is 6.07 Å². The minimum atomic E-state index is -3.50. The Morgan fingerprint density at radius 3 is 2.76 bits per heavy atom. The number of rotatable bonds is 2. The van der Waals surface area contributed by atoms with Crippen molar-refractivity contribution in [3.8, 4) is 0 Å². The molecule has 1 aromatic carbocycles. The molecule has 0 saturated carbocycles. The summed E-state index contributed by atoms with van der Waals surface area (Å²) in [4.78, 5) is 12.7. The van der Waals surface area contributed by atoms with Crippen molar-refractivity contribution >= 4 is 21.8 Å². The number of hydrogen-bond donors (Lipinski definition) is 1. The molecule has 92 valence electrons. The maximum Gasteiger partial charge on any atom is 0.414 e. The van der Waals surface area contributed by atoms with Gasteiger partial charge in [0.1, 0.15) is 6.61 Å². The number of benzene rings is 1. The molecule has 1 amide bonds. The Morgan fingerprint density at radius 1 is 1.41 bits per heavy atom. The standard InChI is InChI=1S/C10H12N2O4S/c1-11-17(14,15)8-4-3-7-6-16-10(13)12(2)9(7)5-8/h3-5,11H,6H2,1-2H3. The lowest BCUT2D eigenvalue weighted by Crippen LogP contribution is -2.32. The Hall–Kier alpha value is -1.60. The van der Waals surface area contributed by atoms with E-state index in [0.29, 0.717) is 5.69 Å². The van der Waals surface area contributed by atoms with E-state index < -0.39 is 16.1 Å². The van der Waals surface area contributed by atoms with Crippen LogP contribution in [0, 0.1) is 0 Å². The molecule has 0 unspecified atom stereocenters. The van der Waals surface area contributed by atoms with Gasteiger partial charge in [-0.2, -0.15) is 0 Å². The van der Waals surface area contributed by atoms with Crippen molar-refractivity contribution in [2.75, 3.05) is 19.0 Å². The van der Waals surface area contributed by atoms with Crippen LogP contribution >= 0.6 is 0 Å². The molecular formula is C10H12N2O4S. The molecule has 0 radical (unpaired) electrons. The molecule has 0 bridgehead atoms. The van der Waals surface area contributed by atoms with Crippen molar-refractivity contribution < 1.29 is 17.9 Å². The number of anilines is 1. The second-order valence-electron chi connectivity index (χ2n) is 3.61. The fourth-order valence-corrected chi connectivity index (χ4v) is 2.35. The van der Waals surface area contributed by atoms with Crippen LogP contribution in [0.15, 0.2) is 23.1 Å². The Balaban J connectivity index is 2.54. The van der Waals surface area contributed by atoms with Gasteiger partial charge in [0.25, 0.3) is 0 Å². The summed E-state index contributed by atoms with van der Waals surface area (Å²) >= 11 is 0. The van der Waals surface area contributed by atoms with Crippen LogP contribution in [0.3, 0.4) is 0 Å². The Labute approximate surface area is 99.2 Å². The molecule has 2 rings (SSSR count). The second kappa shape index (κ2) is 4.01. The summed E-state index contributed by atoms with van der Waals surface area (Å²) in [5, 5.41) is 0. The predicted molar refractivity (Wildman–Crippen MR) is 61.3 cm³/mol. The summed E-state index contributed by atoms with van der Waals surface area (Å²) in [6.45, 7) is 0.165. The van der Waals surface area contributed by atoms with Gasteiger partial charge in [-0.3, -0.25) is 4.90 Å². The van der Waals surface area contributed by atoms with Gasteiger partial charge < -0.3 is 4.74 Å². The molecule has 0 aliphatic carbocycles. The van der Waals surface area contributed by atoms with Crippen molar-refractivity contribution in [1.82, 2.24) is 4.72 Å². The molecule has 7 heteroatoms. The molecule has 0 aromatic heterocycles. The van der Waals surface area contributed by atoms with E-state index in [-0.39, 0.29) is 11.5 Å². The van der Waals surface area contributed by atoms with Crippen LogP contribution < -0.4 is 9.62 Å². The molecule has 1 N–H and O–H groups in total. The summed E-state index contributed by atoms with van der Waals surface area (Å²) in [5.41, 5.74) is 1.33. The summed E-state index contributed by atoms with van der Waals surface area (Å²) in [7, 11) is -0.624. The number of fused-ring (bicyclic) bond motifs is 1. The highest BCUT2D eigenvalue weighted by atomic mass is 32.2. The van der Waals surface area contributed by atoms with Gasteiger partial charge in [-0.15, -0.1) is 0 Å². The molecule has 17 heavy (non-hydrogen) atoms. The van der Waals surface area contributed by atoms with E-state index in [2.05, 4.69) is 4.72 Å². The monoisotopic (exact) mass is 256 g/mol. The lowest BCUT2D eigenvalue weighted by molar-refractivity contribution is 0.143. The van der Waals surface area contributed by atoms with Crippen LogP contribution in [-0.2, 0) is 21.4 Å². The first kappa shape index (κ1) is 11.9. The summed E-state index contributed by atoms with van der Waals surface area (Å²) in [6.07, 6.45) is -0.489. The predicted octanol–water partition coefficient (Wildman–Crippen LogP) is 0.681. The van der Waals surface area contributed by atoms with Gasteiger partial charge in [0.05, 0.1) is 10.6 Å². The molecule has 0 fully saturated rings. The molecule has 1 aliphatic heterocycles. The third-order valence-corrected chi connectivity index (χ3v) is 4.03. The quantitative estimate of drug-likeness (QED) is 0.844. The molecule has 1 aliphatic rings. The highest BCUT2D eigenvalue weighted by Crippen LogP contribution is 2.28. The zero-order valence-electron chi connectivity index (χ0n) is 9.43. The van der Waals surface area contributed by atoms with Gasteiger partial charge in [-0.25, -0.2) is 17.9 Å². The van der Waals surface area contributed by atoms with Crippen molar-refractivity contribution in [2.24, 2.45) is 0 Å². The first-order chi connectivity index (χ1) is 7.95. The summed E-state index contributed by atoms with van der Waals surface area (Å²) in [6, 6.07) is 4.59. The number of hydrogen-bond acceptors (Lipinski definition) is 4. The van der Waals surface area contributed by atoms with E-state index in [0.717, 1.165) is 5.56 Å². The van der Waals surface area contributed by atoms with Crippen LogP contribution in [0.4, 0.5) is 10.5 Å². The number of carbonyl (C=O) groups excluding carboxylic acids is 1. The normalized spacial score (nSPS) is 15.4. The van der Waals surface area contributed by atoms with Gasteiger partial charge in [0.2, 0.25) is 10.0 Å². The summed E-state index contributed by atoms with van der Waals surface area (Å²) < 4.78 is 30.4. The molecule has 1 aromatic rings. The third kappa shape index (κ3) is 1.98. The average molecular weight is 256 g/mol. The van der Waals surface area contributed by atoms with Crippen LogP contribution in [0.25, 0.3) is 0 Å². The van der Waals surface area contributed by atoms with E-state index >= 15 is 0 Å². The first-order valence-corrected chi connectivity index (χ1v) is 6.41. The second-order valence-corrected chi connectivity index (χ2v) is 5.50. The van der Waals surface area contributed by atoms with Crippen molar-refractivity contribution in [3.63, 3.8) is 0 Å². The molecule has 1 heterocycles. The van der Waals surface area contributed by atoms with E-state index in [9.17, 15) is 13.2 Å². The van der Waals surface area contributed by atoms with E-state index in [1.807, 2.05) is 0 Å². The lowest BCUT2D eigenvalue weighted by Gasteiger charge is -2.25. The number of cyclic esters (lactones) is 1. The molecule has 0 spiro atoms. The number of nitrogens with zero attached hydrogens (tertiary/aromatic N) is 1. The zero-order valence-corrected chi connectivity index (χ0v) is 10.2. The number of sulfonamides is 1. The van der Waals surface area contributed by atoms with Crippen LogP contribution in [-0.4, -0.2) is 28.6 Å². The third-order valence-electron chi connectivity index (χ3n) is 2.62. The van der Waals surface area contributed by atoms with Crippen LogP contribution in [0.1, 0.15) is 5.56 Å². The smallest absolute Gasteiger partial charge is 0.414 e. The number of nitrogens with one attached hydrogen (secondary N) is 1. The van der Waals surface area contributed by atoms with Crippen LogP contribution in [0.2, 0.25) is 0 Å². The Kier molecular flexibility index (Phi) is 2.80. The number of carbonyl (C=O) groups is 1. The first-order valence-electron chi connectivity index (χ1n) is 4.92. The van der Waals surface area contributed by atoms with E-state index in [4.69, 9.17) is 4.74 Å². The minimum absolute atomic E-state index is 0.125. The van der Waals surface area contributed by atoms with Gasteiger partial charge >= 0.3 is 6.09 Å². The molecule has 0 atom stereocenters. The van der Waals surface area contributed by atoms with Crippen molar-refractivity contribution in [2.45, 2.75) is 11.5 Å². The maximum absolute atomic E-state index is 11.6. The van der Waals surface area contributed by atoms with Gasteiger partial charge in [0, 0.05) is 12.6 Å². The van der Waals surface area contributed by atoms with Gasteiger partial charge in [0.15, 0.2) is 0 Å². The van der Waals surface area contributed by atoms with Gasteiger partial charge in [-0.05, 0) is 19.2 Å². The largest absolute Gasteiger partial charge is 0.444 e. The maximum atomic E-state index is 11.6. The Morgan fingerprint density at radius 2 is 2.12 bits per heavy atom. The lowest BCUT2D eigenvalue weighted by atomic mass is 10.1. The molecular weight excluding hydrogens is 244 g/mol. The average Bonchev–Trinajstić information content (AvgIpc) is 2.33. The van der Waals surface area contributed by atoms with Gasteiger partial charge in [-0.1, -0.05) is 6.07 Å². The topological polar surface area (TPSA) is 75.7 Å². The SMILES string of the molecule is CNS(=O)(=O)c1ccc2c(c1)N(C)C(=O)OC2. The molecule has 6 nitrogen and oxygen atoms in total. The van der Waals surface area contributed by atoms with Crippen molar-refractivity contribution in [3.05, 3.63) is 23.8 Å². The fraction of sp³-hybridized carbons (Fsp3) is 0.300. The zero-order chi connectivity index (χ0) is 12.6. The minimum Gasteiger partial charge on any atom is -0.444 e. The Bertz CT molecular complexity index is 568. The van der Waals surface area contributed by atoms with E-state index in [1.165, 1.54) is 31.1 Å². The van der Waals surface area contributed by atoms with Crippen LogP contribution in [0.5, 0.6) is 0 Å². The number of amides is 1. The van der Waals surface area contributed by atoms with Crippen molar-refractivity contribution in [1.29, 1.82) is 0 Å². The highest BCUT2D eigenvalue weighted by Gasteiger charge is 2.24. The number of ether oxygens (including phenoxy) is 1. The fourth-order valence-electron chi connectivity index (χ4n) is 1.60. The molecule has 0 saturated heterocycles. The highest BCUT2D eigenvalue weighted by molar-refractivity contribution is 7.89.